The molecule has 0 aliphatic carbocycles. The molecule has 3 heterocycles. The van der Waals surface area contributed by atoms with E-state index >= 15 is 0 Å². The summed E-state index contributed by atoms with van der Waals surface area (Å²) in [5.41, 5.74) is 6.05. The second-order valence-corrected chi connectivity index (χ2v) is 7.78. The van der Waals surface area contributed by atoms with Gasteiger partial charge >= 0.3 is 0 Å². The molecule has 10 nitrogen and oxygen atoms in total. The Morgan fingerprint density at radius 2 is 2.17 bits per heavy atom. The van der Waals surface area contributed by atoms with Gasteiger partial charge in [-0.25, -0.2) is 4.98 Å². The first-order valence-corrected chi connectivity index (χ1v) is 10.0. The Hall–Kier alpha value is -2.91. The van der Waals surface area contributed by atoms with Gasteiger partial charge in [-0.05, 0) is 25.2 Å². The molecule has 1 aromatic heterocycles. The molecule has 0 saturated carbocycles. The number of likely N-dealkylation sites (tertiary alicyclic amines) is 1. The van der Waals surface area contributed by atoms with Crippen LogP contribution in [-0.4, -0.2) is 63.2 Å². The maximum absolute atomic E-state index is 13.2. The number of hydrogen-bond donors (Lipinski definition) is 4. The molecule has 2 fully saturated rings. The van der Waals surface area contributed by atoms with E-state index in [-0.39, 0.29) is 30.1 Å². The first-order chi connectivity index (χ1) is 13.8. The Morgan fingerprint density at radius 1 is 1.41 bits per heavy atom. The lowest BCUT2D eigenvalue weighted by molar-refractivity contribution is -0.141. The predicted molar refractivity (Wildman–Crippen MR) is 103 cm³/mol. The van der Waals surface area contributed by atoms with E-state index in [2.05, 4.69) is 20.6 Å². The van der Waals surface area contributed by atoms with E-state index in [1.807, 2.05) is 13.8 Å². The number of nitrogens with zero attached hydrogens (tertiary/aromatic N) is 2. The van der Waals surface area contributed by atoms with Crippen molar-refractivity contribution in [1.82, 2.24) is 25.5 Å². The van der Waals surface area contributed by atoms with Crippen molar-refractivity contribution in [2.75, 3.05) is 6.54 Å². The Kier molecular flexibility index (Phi) is 6.19. The minimum atomic E-state index is -0.907. The highest BCUT2D eigenvalue weighted by Crippen LogP contribution is 2.26. The van der Waals surface area contributed by atoms with Crippen LogP contribution < -0.4 is 16.4 Å². The molecule has 4 amide bonds. The predicted octanol–water partition coefficient (Wildman–Crippen LogP) is -0.926. The topological polar surface area (TPSA) is 150 Å². The molecule has 10 heteroatoms. The smallest absolute Gasteiger partial charge is 0.246 e. The van der Waals surface area contributed by atoms with Crippen molar-refractivity contribution in [2.24, 2.45) is 17.6 Å². The van der Waals surface area contributed by atoms with Gasteiger partial charge in [-0.15, -0.1) is 0 Å². The molecule has 5 N–H and O–H groups in total. The molecule has 2 unspecified atom stereocenters. The first kappa shape index (κ1) is 20.8. The number of nitrogens with two attached hydrogens (primary N) is 1. The maximum atomic E-state index is 13.2. The molecule has 158 valence electrons. The van der Waals surface area contributed by atoms with Gasteiger partial charge in [0, 0.05) is 25.1 Å². The fraction of sp³-hybridized carbons (Fsp3) is 0.632. The number of aromatic amines is 1. The molecule has 1 aromatic rings. The van der Waals surface area contributed by atoms with Gasteiger partial charge in [-0.1, -0.05) is 13.8 Å². The van der Waals surface area contributed by atoms with E-state index in [1.165, 1.54) is 11.2 Å². The Labute approximate surface area is 169 Å². The van der Waals surface area contributed by atoms with E-state index in [0.29, 0.717) is 31.5 Å². The van der Waals surface area contributed by atoms with Crippen LogP contribution in [-0.2, 0) is 25.6 Å². The SMILES string of the molecule is CCC1C(=O)N[C@H](C(=O)N[C@@H](Cc2c[nH]cn2)C(=O)N2CCC[C@H]2C(N)=O)C1C. The van der Waals surface area contributed by atoms with Crippen molar-refractivity contribution in [1.29, 1.82) is 0 Å². The number of carbonyl (C=O) groups excluding carboxylic acids is 4. The third-order valence-electron chi connectivity index (χ3n) is 5.96. The lowest BCUT2D eigenvalue weighted by atomic mass is 9.89. The van der Waals surface area contributed by atoms with E-state index in [4.69, 9.17) is 5.73 Å². The van der Waals surface area contributed by atoms with Crippen LogP contribution in [0.5, 0.6) is 0 Å². The molecular formula is C19H28N6O4. The van der Waals surface area contributed by atoms with Crippen molar-refractivity contribution >= 4 is 23.6 Å². The van der Waals surface area contributed by atoms with Gasteiger partial charge in [0.2, 0.25) is 23.6 Å². The van der Waals surface area contributed by atoms with E-state index in [0.717, 1.165) is 0 Å². The lowest BCUT2D eigenvalue weighted by Crippen LogP contribution is -2.56. The van der Waals surface area contributed by atoms with Gasteiger partial charge in [0.05, 0.1) is 12.0 Å². The molecule has 2 aliphatic rings. The van der Waals surface area contributed by atoms with E-state index in [1.54, 1.807) is 6.20 Å². The Morgan fingerprint density at radius 3 is 2.76 bits per heavy atom. The van der Waals surface area contributed by atoms with Gasteiger partial charge in [-0.2, -0.15) is 0 Å². The number of amides is 4. The number of primary amides is 1. The summed E-state index contributed by atoms with van der Waals surface area (Å²) in [7, 11) is 0. The molecule has 3 rings (SSSR count). The number of carbonyl (C=O) groups is 4. The zero-order valence-corrected chi connectivity index (χ0v) is 16.7. The molecule has 2 aliphatic heterocycles. The standard InChI is InChI=1S/C19H28N6O4/c1-3-12-10(2)15(24-17(12)27)18(28)23-13(7-11-8-21-9-22-11)19(29)25-6-4-5-14(25)16(20)26/h8-10,12-15H,3-7H2,1-2H3,(H2,20,26)(H,21,22)(H,23,28)(H,24,27)/t10?,12?,13-,14-,15-/m0/s1. The molecule has 0 radical (unpaired) electrons. The first-order valence-electron chi connectivity index (χ1n) is 10.0. The highest BCUT2D eigenvalue weighted by molar-refractivity contribution is 5.96. The van der Waals surface area contributed by atoms with Crippen LogP contribution in [0.2, 0.25) is 0 Å². The van der Waals surface area contributed by atoms with Gasteiger partial charge in [-0.3, -0.25) is 19.2 Å². The van der Waals surface area contributed by atoms with Crippen LogP contribution in [0.15, 0.2) is 12.5 Å². The molecule has 2 saturated heterocycles. The largest absolute Gasteiger partial charge is 0.368 e. The maximum Gasteiger partial charge on any atom is 0.246 e. The summed E-state index contributed by atoms with van der Waals surface area (Å²) in [6.45, 7) is 4.17. The van der Waals surface area contributed by atoms with Crippen LogP contribution in [0.3, 0.4) is 0 Å². The summed E-state index contributed by atoms with van der Waals surface area (Å²) in [5, 5.41) is 5.51. The second kappa shape index (κ2) is 8.62. The summed E-state index contributed by atoms with van der Waals surface area (Å²) in [5.74, 6) is -1.90. The van der Waals surface area contributed by atoms with Gasteiger partial charge < -0.3 is 26.3 Å². The third kappa shape index (κ3) is 4.25. The second-order valence-electron chi connectivity index (χ2n) is 7.78. The number of rotatable bonds is 7. The third-order valence-corrected chi connectivity index (χ3v) is 5.96. The molecule has 29 heavy (non-hydrogen) atoms. The molecule has 0 aromatic carbocycles. The number of nitrogens with one attached hydrogen (secondary N) is 3. The zero-order valence-electron chi connectivity index (χ0n) is 16.7. The number of imidazole rings is 1. The van der Waals surface area contributed by atoms with Crippen LogP contribution >= 0.6 is 0 Å². The van der Waals surface area contributed by atoms with Crippen molar-refractivity contribution in [2.45, 2.75) is 57.7 Å². The summed E-state index contributed by atoms with van der Waals surface area (Å²) >= 11 is 0. The molecule has 5 atom stereocenters. The highest BCUT2D eigenvalue weighted by atomic mass is 16.2. The van der Waals surface area contributed by atoms with Crippen molar-refractivity contribution in [3.63, 3.8) is 0 Å². The number of hydrogen-bond acceptors (Lipinski definition) is 5. The quantitative estimate of drug-likeness (QED) is 0.463. The molecular weight excluding hydrogens is 376 g/mol. The van der Waals surface area contributed by atoms with Gasteiger partial charge in [0.15, 0.2) is 0 Å². The van der Waals surface area contributed by atoms with Crippen molar-refractivity contribution in [3.05, 3.63) is 18.2 Å². The minimum Gasteiger partial charge on any atom is -0.368 e. The zero-order chi connectivity index (χ0) is 21.1. The van der Waals surface area contributed by atoms with Gasteiger partial charge in [0.25, 0.3) is 0 Å². The summed E-state index contributed by atoms with van der Waals surface area (Å²) in [6.07, 6.45) is 5.14. The number of H-pyrrole nitrogens is 1. The Bertz CT molecular complexity index is 780. The van der Waals surface area contributed by atoms with E-state index in [9.17, 15) is 19.2 Å². The van der Waals surface area contributed by atoms with Crippen LogP contribution in [0.25, 0.3) is 0 Å². The highest BCUT2D eigenvalue weighted by Gasteiger charge is 2.43. The summed E-state index contributed by atoms with van der Waals surface area (Å²) in [4.78, 5) is 58.3. The molecule has 0 bridgehead atoms. The average molecular weight is 404 g/mol. The monoisotopic (exact) mass is 404 g/mol. The van der Waals surface area contributed by atoms with Gasteiger partial charge in [0.1, 0.15) is 18.1 Å². The molecule has 0 spiro atoms. The fourth-order valence-electron chi connectivity index (χ4n) is 4.32. The normalized spacial score (nSPS) is 27.5. The minimum absolute atomic E-state index is 0.149. The van der Waals surface area contributed by atoms with Crippen LogP contribution in [0.4, 0.5) is 0 Å². The average Bonchev–Trinajstić information content (AvgIpc) is 3.41. The summed E-state index contributed by atoms with van der Waals surface area (Å²) in [6, 6.07) is -2.28. The van der Waals surface area contributed by atoms with Crippen LogP contribution in [0.1, 0.15) is 38.8 Å². The number of aromatic nitrogens is 2. The Balaban J connectivity index is 1.77. The lowest BCUT2D eigenvalue weighted by Gasteiger charge is -2.28. The van der Waals surface area contributed by atoms with Crippen LogP contribution in [0, 0.1) is 11.8 Å². The fourth-order valence-corrected chi connectivity index (χ4v) is 4.32. The van der Waals surface area contributed by atoms with Crippen molar-refractivity contribution in [3.8, 4) is 0 Å². The van der Waals surface area contributed by atoms with E-state index < -0.39 is 29.9 Å². The van der Waals surface area contributed by atoms with Crippen molar-refractivity contribution < 1.29 is 19.2 Å². The summed E-state index contributed by atoms with van der Waals surface area (Å²) < 4.78 is 0.